The van der Waals surface area contributed by atoms with Gasteiger partial charge in [-0.05, 0) is 54.1 Å². The summed E-state index contributed by atoms with van der Waals surface area (Å²) in [6, 6.07) is 13.1. The first-order valence-electron chi connectivity index (χ1n) is 7.79. The van der Waals surface area contributed by atoms with Gasteiger partial charge in [-0.1, -0.05) is 11.6 Å². The van der Waals surface area contributed by atoms with Crippen LogP contribution in [0.2, 0.25) is 5.02 Å². The van der Waals surface area contributed by atoms with Gasteiger partial charge in [0, 0.05) is 17.4 Å². The molecule has 0 radical (unpaired) electrons. The number of amides is 1. The molecule has 1 heterocycles. The molecule has 0 saturated heterocycles. The summed E-state index contributed by atoms with van der Waals surface area (Å²) in [5.41, 5.74) is 3.63. The van der Waals surface area contributed by atoms with Crippen molar-refractivity contribution in [1.29, 1.82) is 0 Å². The summed E-state index contributed by atoms with van der Waals surface area (Å²) in [4.78, 5) is 31.5. The van der Waals surface area contributed by atoms with Gasteiger partial charge < -0.3 is 4.74 Å². The van der Waals surface area contributed by atoms with Crippen molar-refractivity contribution < 1.29 is 14.3 Å². The van der Waals surface area contributed by atoms with Crippen molar-refractivity contribution in [3.05, 3.63) is 89.0 Å². The zero-order chi connectivity index (χ0) is 19.1. The minimum Gasteiger partial charge on any atom is -0.423 e. The van der Waals surface area contributed by atoms with E-state index in [0.717, 1.165) is 0 Å². The van der Waals surface area contributed by atoms with Gasteiger partial charge in [0.05, 0.1) is 18.0 Å². The van der Waals surface area contributed by atoms with Gasteiger partial charge >= 0.3 is 5.97 Å². The zero-order valence-electron chi connectivity index (χ0n) is 13.9. The SMILES string of the molecule is O=C(Oc1ccc(/C=N\NC(=O)c2cnccn2)cc1)c1ccc(Cl)cc1. The van der Waals surface area contributed by atoms with Crippen molar-refractivity contribution in [3.8, 4) is 5.75 Å². The van der Waals surface area contributed by atoms with E-state index in [4.69, 9.17) is 16.3 Å². The van der Waals surface area contributed by atoms with Gasteiger partial charge in [-0.3, -0.25) is 9.78 Å². The van der Waals surface area contributed by atoms with Crippen LogP contribution < -0.4 is 10.2 Å². The molecule has 0 fully saturated rings. The van der Waals surface area contributed by atoms with Gasteiger partial charge in [-0.25, -0.2) is 15.2 Å². The summed E-state index contributed by atoms with van der Waals surface area (Å²) in [7, 11) is 0. The lowest BCUT2D eigenvalue weighted by Gasteiger charge is -2.04. The molecule has 2 aromatic carbocycles. The van der Waals surface area contributed by atoms with Crippen molar-refractivity contribution in [3.63, 3.8) is 0 Å². The van der Waals surface area contributed by atoms with Crippen molar-refractivity contribution in [1.82, 2.24) is 15.4 Å². The molecule has 7 nitrogen and oxygen atoms in total. The molecule has 0 unspecified atom stereocenters. The third-order valence-corrected chi connectivity index (χ3v) is 3.60. The molecule has 134 valence electrons. The van der Waals surface area contributed by atoms with Crippen LogP contribution in [0.3, 0.4) is 0 Å². The standard InChI is InChI=1S/C19H13ClN4O3/c20-15-5-3-14(4-6-15)19(26)27-16-7-1-13(2-8-16)11-23-24-18(25)17-12-21-9-10-22-17/h1-12H,(H,24,25)/b23-11-. The first kappa shape index (κ1) is 18.2. The number of nitrogens with one attached hydrogen (secondary N) is 1. The molecule has 1 amide bonds. The lowest BCUT2D eigenvalue weighted by Crippen LogP contribution is -2.19. The van der Waals surface area contributed by atoms with E-state index >= 15 is 0 Å². The van der Waals surface area contributed by atoms with Crippen LogP contribution in [0.5, 0.6) is 5.75 Å². The largest absolute Gasteiger partial charge is 0.423 e. The Hall–Kier alpha value is -3.58. The van der Waals surface area contributed by atoms with Crippen LogP contribution in [0.15, 0.2) is 72.2 Å². The molecule has 1 N–H and O–H groups in total. The average Bonchev–Trinajstić information content (AvgIpc) is 2.70. The van der Waals surface area contributed by atoms with Gasteiger partial charge in [0.2, 0.25) is 0 Å². The number of aromatic nitrogens is 2. The Bertz CT molecular complexity index is 959. The molecular weight excluding hydrogens is 368 g/mol. The normalized spacial score (nSPS) is 10.6. The van der Waals surface area contributed by atoms with Crippen LogP contribution in [-0.2, 0) is 0 Å². The number of halogens is 1. The molecule has 0 aliphatic heterocycles. The predicted octanol–water partition coefficient (Wildman–Crippen LogP) is 3.11. The molecule has 0 atom stereocenters. The number of benzene rings is 2. The second kappa shape index (κ2) is 8.68. The molecule has 27 heavy (non-hydrogen) atoms. The third-order valence-electron chi connectivity index (χ3n) is 3.35. The zero-order valence-corrected chi connectivity index (χ0v) is 14.6. The Morgan fingerprint density at radius 3 is 2.44 bits per heavy atom. The van der Waals surface area contributed by atoms with E-state index in [0.29, 0.717) is 21.9 Å². The molecule has 0 aliphatic carbocycles. The number of hydrogen-bond donors (Lipinski definition) is 1. The van der Waals surface area contributed by atoms with Gasteiger partial charge in [-0.15, -0.1) is 0 Å². The predicted molar refractivity (Wildman–Crippen MR) is 99.9 cm³/mol. The number of rotatable bonds is 5. The molecule has 3 rings (SSSR count). The number of carbonyl (C=O) groups excluding carboxylic acids is 2. The first-order chi connectivity index (χ1) is 13.1. The maximum atomic E-state index is 12.0. The van der Waals surface area contributed by atoms with Crippen LogP contribution in [0.1, 0.15) is 26.4 Å². The summed E-state index contributed by atoms with van der Waals surface area (Å²) in [5.74, 6) is -0.562. The van der Waals surface area contributed by atoms with E-state index in [1.54, 1.807) is 48.5 Å². The first-order valence-corrected chi connectivity index (χ1v) is 8.17. The maximum absolute atomic E-state index is 12.0. The molecule has 3 aromatic rings. The highest BCUT2D eigenvalue weighted by molar-refractivity contribution is 6.30. The topological polar surface area (TPSA) is 93.5 Å². The number of esters is 1. The van der Waals surface area contributed by atoms with Crippen molar-refractivity contribution in [2.75, 3.05) is 0 Å². The van der Waals surface area contributed by atoms with E-state index in [1.165, 1.54) is 24.8 Å². The number of ether oxygens (including phenoxy) is 1. The van der Waals surface area contributed by atoms with Crippen molar-refractivity contribution in [2.45, 2.75) is 0 Å². The second-order valence-electron chi connectivity index (χ2n) is 5.26. The minimum absolute atomic E-state index is 0.166. The fourth-order valence-electron chi connectivity index (χ4n) is 2.01. The molecule has 0 spiro atoms. The van der Waals surface area contributed by atoms with E-state index < -0.39 is 11.9 Å². The summed E-state index contributed by atoms with van der Waals surface area (Å²) in [6.07, 6.45) is 5.69. The highest BCUT2D eigenvalue weighted by Gasteiger charge is 2.08. The Morgan fingerprint density at radius 2 is 1.78 bits per heavy atom. The van der Waals surface area contributed by atoms with E-state index in [2.05, 4.69) is 20.5 Å². The number of nitrogens with zero attached hydrogens (tertiary/aromatic N) is 3. The van der Waals surface area contributed by atoms with Gasteiger partial charge in [0.25, 0.3) is 5.91 Å². The molecular formula is C19H13ClN4O3. The Balaban J connectivity index is 1.56. The molecule has 1 aromatic heterocycles. The molecule has 8 heteroatoms. The van der Waals surface area contributed by atoms with Crippen LogP contribution in [0, 0.1) is 0 Å². The summed E-state index contributed by atoms with van der Waals surface area (Å²) < 4.78 is 5.28. The second-order valence-corrected chi connectivity index (χ2v) is 5.69. The number of carbonyl (C=O) groups is 2. The summed E-state index contributed by atoms with van der Waals surface area (Å²) in [5, 5.41) is 4.39. The van der Waals surface area contributed by atoms with Crippen molar-refractivity contribution >= 4 is 29.7 Å². The smallest absolute Gasteiger partial charge is 0.343 e. The lowest BCUT2D eigenvalue weighted by atomic mass is 10.2. The van der Waals surface area contributed by atoms with E-state index in [9.17, 15) is 9.59 Å². The van der Waals surface area contributed by atoms with E-state index in [1.807, 2.05) is 0 Å². The molecule has 0 bridgehead atoms. The van der Waals surface area contributed by atoms with Crippen LogP contribution in [0.4, 0.5) is 0 Å². The highest BCUT2D eigenvalue weighted by Crippen LogP contribution is 2.15. The van der Waals surface area contributed by atoms with Gasteiger partial charge in [0.15, 0.2) is 0 Å². The quantitative estimate of drug-likeness (QED) is 0.317. The maximum Gasteiger partial charge on any atom is 0.343 e. The third kappa shape index (κ3) is 5.20. The fraction of sp³-hybridized carbons (Fsp3) is 0. The van der Waals surface area contributed by atoms with Gasteiger partial charge in [-0.2, -0.15) is 5.10 Å². The number of hydrazone groups is 1. The lowest BCUT2D eigenvalue weighted by molar-refractivity contribution is 0.0734. The molecule has 0 saturated carbocycles. The average molecular weight is 381 g/mol. The summed E-state index contributed by atoms with van der Waals surface area (Å²) >= 11 is 5.79. The monoisotopic (exact) mass is 380 g/mol. The fourth-order valence-corrected chi connectivity index (χ4v) is 2.14. The van der Waals surface area contributed by atoms with Crippen molar-refractivity contribution in [2.24, 2.45) is 5.10 Å². The molecule has 0 aliphatic rings. The Morgan fingerprint density at radius 1 is 1.04 bits per heavy atom. The number of hydrogen-bond acceptors (Lipinski definition) is 6. The van der Waals surface area contributed by atoms with E-state index in [-0.39, 0.29) is 5.69 Å². The van der Waals surface area contributed by atoms with Crippen LogP contribution in [0.25, 0.3) is 0 Å². The Labute approximate surface area is 159 Å². The van der Waals surface area contributed by atoms with Crippen LogP contribution in [-0.4, -0.2) is 28.1 Å². The van der Waals surface area contributed by atoms with Gasteiger partial charge in [0.1, 0.15) is 11.4 Å². The Kier molecular flexibility index (Phi) is 5.86. The minimum atomic E-state index is -0.482. The highest BCUT2D eigenvalue weighted by atomic mass is 35.5. The van der Waals surface area contributed by atoms with Crippen LogP contribution >= 0.6 is 11.6 Å². The summed E-state index contributed by atoms with van der Waals surface area (Å²) in [6.45, 7) is 0.